The molecular formula is C15H21N3O3S2. The maximum Gasteiger partial charge on any atom is 0.267 e. The van der Waals surface area contributed by atoms with Gasteiger partial charge in [-0.25, -0.2) is 0 Å². The number of amides is 2. The molecule has 23 heavy (non-hydrogen) atoms. The molecule has 2 amide bonds. The van der Waals surface area contributed by atoms with Crippen molar-refractivity contribution < 1.29 is 14.3 Å². The number of carbonyl (C=O) groups is 2. The first-order chi connectivity index (χ1) is 11.0. The highest BCUT2D eigenvalue weighted by Crippen LogP contribution is 2.33. The fourth-order valence-corrected chi connectivity index (χ4v) is 4.40. The molecule has 3 fully saturated rings. The summed E-state index contributed by atoms with van der Waals surface area (Å²) in [5, 5.41) is 0. The largest absolute Gasteiger partial charge is 0.376 e. The highest BCUT2D eigenvalue weighted by Gasteiger charge is 2.35. The Bertz CT molecular complexity index is 538. The maximum atomic E-state index is 12.5. The summed E-state index contributed by atoms with van der Waals surface area (Å²) in [6, 6.07) is 0. The molecule has 3 aliphatic rings. The predicted molar refractivity (Wildman–Crippen MR) is 92.5 cm³/mol. The van der Waals surface area contributed by atoms with Crippen LogP contribution in [0.3, 0.4) is 0 Å². The van der Waals surface area contributed by atoms with Crippen LogP contribution in [0.2, 0.25) is 0 Å². The topological polar surface area (TPSA) is 75.9 Å². The van der Waals surface area contributed by atoms with Crippen molar-refractivity contribution in [2.24, 2.45) is 11.7 Å². The molecule has 0 aromatic heterocycles. The van der Waals surface area contributed by atoms with Gasteiger partial charge in [0, 0.05) is 31.8 Å². The summed E-state index contributed by atoms with van der Waals surface area (Å²) in [5.74, 6) is -0.311. The third-order valence-electron chi connectivity index (χ3n) is 4.52. The summed E-state index contributed by atoms with van der Waals surface area (Å²) in [6.07, 6.45) is 5.49. The number of thiocarbonyl (C=S) groups is 1. The number of primary amides is 1. The van der Waals surface area contributed by atoms with E-state index >= 15 is 0 Å². The third-order valence-corrected chi connectivity index (χ3v) is 5.88. The van der Waals surface area contributed by atoms with Gasteiger partial charge in [0.2, 0.25) is 5.91 Å². The van der Waals surface area contributed by atoms with Gasteiger partial charge in [0.15, 0.2) is 0 Å². The molecule has 8 heteroatoms. The molecule has 0 aromatic carbocycles. The van der Waals surface area contributed by atoms with E-state index in [0.717, 1.165) is 45.4 Å². The van der Waals surface area contributed by atoms with Crippen molar-refractivity contribution in [3.8, 4) is 0 Å². The lowest BCUT2D eigenvalue weighted by atomic mass is 9.97. The zero-order valence-corrected chi connectivity index (χ0v) is 14.5. The van der Waals surface area contributed by atoms with Gasteiger partial charge in [-0.2, -0.15) is 0 Å². The Morgan fingerprint density at radius 1 is 1.39 bits per heavy atom. The zero-order valence-electron chi connectivity index (χ0n) is 12.9. The van der Waals surface area contributed by atoms with Crippen LogP contribution in [0.25, 0.3) is 0 Å². The summed E-state index contributed by atoms with van der Waals surface area (Å²) in [5.41, 5.74) is 5.35. The van der Waals surface area contributed by atoms with E-state index < -0.39 is 0 Å². The minimum atomic E-state index is -0.229. The van der Waals surface area contributed by atoms with E-state index in [1.165, 1.54) is 11.8 Å². The minimum absolute atomic E-state index is 0.0347. The second-order valence-corrected chi connectivity index (χ2v) is 7.80. The van der Waals surface area contributed by atoms with Gasteiger partial charge in [-0.15, -0.1) is 0 Å². The van der Waals surface area contributed by atoms with Crippen molar-refractivity contribution >= 4 is 40.1 Å². The molecule has 6 nitrogen and oxygen atoms in total. The molecule has 1 atom stereocenters. The molecule has 2 N–H and O–H groups in total. The fraction of sp³-hybridized carbons (Fsp3) is 0.667. The van der Waals surface area contributed by atoms with Crippen LogP contribution < -0.4 is 5.73 Å². The van der Waals surface area contributed by atoms with Crippen LogP contribution in [0.15, 0.2) is 11.1 Å². The first kappa shape index (κ1) is 16.7. The molecule has 3 heterocycles. The van der Waals surface area contributed by atoms with Gasteiger partial charge in [0.05, 0.1) is 17.6 Å². The van der Waals surface area contributed by atoms with Crippen molar-refractivity contribution in [1.82, 2.24) is 9.80 Å². The standard InChI is InChI=1S/C15H21N3O3S2/c16-13(19)10-3-5-17(6-4-10)9-12-14(20)18(15(22)23-12)8-11-2-1-7-21-11/h9-11H,1-8H2,(H2,16,19)/b12-9+/t11-/m1/s1. The van der Waals surface area contributed by atoms with E-state index in [2.05, 4.69) is 4.90 Å². The Kier molecular flexibility index (Phi) is 5.23. The Labute approximate surface area is 145 Å². The summed E-state index contributed by atoms with van der Waals surface area (Å²) in [7, 11) is 0. The van der Waals surface area contributed by atoms with Gasteiger partial charge in [-0.3, -0.25) is 14.5 Å². The van der Waals surface area contributed by atoms with E-state index in [1.54, 1.807) is 4.90 Å². The Balaban J connectivity index is 1.59. The van der Waals surface area contributed by atoms with Crippen molar-refractivity contribution in [2.75, 3.05) is 26.2 Å². The molecule has 126 valence electrons. The number of thioether (sulfide) groups is 1. The molecule has 0 spiro atoms. The maximum absolute atomic E-state index is 12.5. The van der Waals surface area contributed by atoms with Crippen LogP contribution in [-0.4, -0.2) is 58.3 Å². The monoisotopic (exact) mass is 355 g/mol. The summed E-state index contributed by atoms with van der Waals surface area (Å²) in [4.78, 5) is 28.1. The normalized spacial score (nSPS) is 28.2. The number of nitrogens with zero attached hydrogens (tertiary/aromatic N) is 2. The highest BCUT2D eigenvalue weighted by atomic mass is 32.2. The number of hydrogen-bond acceptors (Lipinski definition) is 6. The van der Waals surface area contributed by atoms with Gasteiger partial charge in [-0.1, -0.05) is 24.0 Å². The van der Waals surface area contributed by atoms with Gasteiger partial charge >= 0.3 is 0 Å². The van der Waals surface area contributed by atoms with Crippen LogP contribution in [0.1, 0.15) is 25.7 Å². The molecule has 0 saturated carbocycles. The van der Waals surface area contributed by atoms with Crippen molar-refractivity contribution in [1.29, 1.82) is 0 Å². The van der Waals surface area contributed by atoms with Crippen LogP contribution in [-0.2, 0) is 14.3 Å². The van der Waals surface area contributed by atoms with E-state index in [4.69, 9.17) is 22.7 Å². The molecule has 3 saturated heterocycles. The first-order valence-corrected chi connectivity index (χ1v) is 9.17. The molecule has 0 bridgehead atoms. The van der Waals surface area contributed by atoms with E-state index in [1.807, 2.05) is 6.20 Å². The Morgan fingerprint density at radius 3 is 2.74 bits per heavy atom. The summed E-state index contributed by atoms with van der Waals surface area (Å²) < 4.78 is 6.20. The van der Waals surface area contributed by atoms with E-state index in [-0.39, 0.29) is 23.8 Å². The molecule has 0 aromatic rings. The van der Waals surface area contributed by atoms with Gasteiger partial charge < -0.3 is 15.4 Å². The zero-order chi connectivity index (χ0) is 16.4. The van der Waals surface area contributed by atoms with Crippen LogP contribution in [0.5, 0.6) is 0 Å². The molecule has 0 unspecified atom stereocenters. The van der Waals surface area contributed by atoms with Gasteiger partial charge in [-0.05, 0) is 25.7 Å². The quantitative estimate of drug-likeness (QED) is 0.600. The number of piperidine rings is 1. The minimum Gasteiger partial charge on any atom is -0.376 e. The molecule has 0 radical (unpaired) electrons. The van der Waals surface area contributed by atoms with Crippen LogP contribution >= 0.6 is 24.0 Å². The number of carbonyl (C=O) groups excluding carboxylic acids is 2. The number of likely N-dealkylation sites (tertiary alicyclic amines) is 1. The van der Waals surface area contributed by atoms with Crippen molar-refractivity contribution in [3.63, 3.8) is 0 Å². The van der Waals surface area contributed by atoms with Gasteiger partial charge in [0.25, 0.3) is 5.91 Å². The second kappa shape index (κ2) is 7.19. The highest BCUT2D eigenvalue weighted by molar-refractivity contribution is 8.26. The number of hydrogen-bond donors (Lipinski definition) is 1. The fourth-order valence-electron chi connectivity index (χ4n) is 3.12. The third kappa shape index (κ3) is 3.87. The molecule has 0 aliphatic carbocycles. The first-order valence-electron chi connectivity index (χ1n) is 7.95. The van der Waals surface area contributed by atoms with Crippen molar-refractivity contribution in [2.45, 2.75) is 31.8 Å². The van der Waals surface area contributed by atoms with E-state index in [0.29, 0.717) is 15.8 Å². The SMILES string of the molecule is NC(=O)C1CCN(/C=C2/SC(=S)N(C[C@H]3CCCO3)C2=O)CC1. The van der Waals surface area contributed by atoms with Crippen molar-refractivity contribution in [3.05, 3.63) is 11.1 Å². The molecular weight excluding hydrogens is 334 g/mol. The smallest absolute Gasteiger partial charge is 0.267 e. The molecule has 3 rings (SSSR count). The number of ether oxygens (including phenoxy) is 1. The second-order valence-electron chi connectivity index (χ2n) is 6.12. The number of nitrogens with two attached hydrogens (primary N) is 1. The average Bonchev–Trinajstić information content (AvgIpc) is 3.12. The summed E-state index contributed by atoms with van der Waals surface area (Å²) >= 11 is 6.69. The van der Waals surface area contributed by atoms with Crippen LogP contribution in [0, 0.1) is 5.92 Å². The number of rotatable bonds is 4. The molecule has 3 aliphatic heterocycles. The lowest BCUT2D eigenvalue weighted by Gasteiger charge is -2.29. The Hall–Kier alpha value is -1.12. The lowest BCUT2D eigenvalue weighted by Crippen LogP contribution is -2.37. The predicted octanol–water partition coefficient (Wildman–Crippen LogP) is 1.06. The Morgan fingerprint density at radius 2 is 2.13 bits per heavy atom. The van der Waals surface area contributed by atoms with E-state index in [9.17, 15) is 9.59 Å². The van der Waals surface area contributed by atoms with Crippen LogP contribution in [0.4, 0.5) is 0 Å². The summed E-state index contributed by atoms with van der Waals surface area (Å²) in [6.45, 7) is 2.79. The lowest BCUT2D eigenvalue weighted by molar-refractivity contribution is -0.124. The van der Waals surface area contributed by atoms with Gasteiger partial charge in [0.1, 0.15) is 4.32 Å². The average molecular weight is 355 g/mol.